The minimum Gasteiger partial charge on any atom is -0.463 e. The van der Waals surface area contributed by atoms with Gasteiger partial charge in [-0.15, -0.1) is 0 Å². The minimum atomic E-state index is -0.0707. The van der Waals surface area contributed by atoms with E-state index in [2.05, 4.69) is 4.90 Å². The zero-order valence-electron chi connectivity index (χ0n) is 9.16. The number of rotatable bonds is 4. The highest BCUT2D eigenvalue weighted by molar-refractivity contribution is 5.73. The first-order valence-corrected chi connectivity index (χ1v) is 5.05. The van der Waals surface area contributed by atoms with Gasteiger partial charge in [-0.05, 0) is 20.3 Å². The monoisotopic (exact) mass is 201 g/mol. The molecule has 14 heavy (non-hydrogen) atoms. The Morgan fingerprint density at radius 3 is 2.86 bits per heavy atom. The summed E-state index contributed by atoms with van der Waals surface area (Å²) in [6, 6.07) is 0. The summed E-state index contributed by atoms with van der Waals surface area (Å²) in [4.78, 5) is 13.6. The van der Waals surface area contributed by atoms with Gasteiger partial charge in [-0.25, -0.2) is 0 Å². The molecule has 1 aliphatic heterocycles. The predicted octanol–water partition coefficient (Wildman–Crippen LogP) is 0.864. The van der Waals surface area contributed by atoms with E-state index in [9.17, 15) is 4.79 Å². The molecule has 0 aromatic heterocycles. The molecular formula is C10H19NO3. The van der Waals surface area contributed by atoms with Gasteiger partial charge < -0.3 is 9.47 Å². The summed E-state index contributed by atoms with van der Waals surface area (Å²) in [6.45, 7) is 6.04. The molecule has 0 aliphatic carbocycles. The molecule has 1 heterocycles. The molecule has 0 aromatic rings. The van der Waals surface area contributed by atoms with E-state index < -0.39 is 0 Å². The first-order chi connectivity index (χ1) is 6.63. The fraction of sp³-hybridized carbons (Fsp3) is 0.900. The van der Waals surface area contributed by atoms with Crippen LogP contribution in [-0.4, -0.2) is 43.9 Å². The molecule has 0 spiro atoms. The fourth-order valence-corrected chi connectivity index (χ4v) is 1.65. The zero-order valence-corrected chi connectivity index (χ0v) is 9.16. The van der Waals surface area contributed by atoms with E-state index in [4.69, 9.17) is 9.47 Å². The predicted molar refractivity (Wildman–Crippen MR) is 52.8 cm³/mol. The van der Waals surface area contributed by atoms with Gasteiger partial charge in [0.2, 0.25) is 0 Å². The Morgan fingerprint density at radius 1 is 1.57 bits per heavy atom. The van der Waals surface area contributed by atoms with Crippen LogP contribution in [0.2, 0.25) is 0 Å². The highest BCUT2D eigenvalue weighted by Gasteiger charge is 2.29. The second kappa shape index (κ2) is 5.32. The van der Waals surface area contributed by atoms with Gasteiger partial charge in [-0.1, -0.05) is 0 Å². The Kier molecular flexibility index (Phi) is 4.35. The molecule has 1 rings (SSSR count). The van der Waals surface area contributed by atoms with Crippen LogP contribution in [-0.2, 0) is 14.3 Å². The highest BCUT2D eigenvalue weighted by Crippen LogP contribution is 2.17. The third kappa shape index (κ3) is 3.27. The molecule has 1 fully saturated rings. The first kappa shape index (κ1) is 11.5. The molecule has 1 atom stereocenters. The standard InChI is InChI=1S/C10H19NO3/c1-8(2)14-10(12)9-4-5-11(6-9)7-13-3/h8-9H,4-7H2,1-3H3. The third-order valence-electron chi connectivity index (χ3n) is 2.27. The number of carbonyl (C=O) groups excluding carboxylic acids is 1. The Morgan fingerprint density at radius 2 is 2.29 bits per heavy atom. The molecule has 82 valence electrons. The molecule has 0 bridgehead atoms. The summed E-state index contributed by atoms with van der Waals surface area (Å²) in [5.74, 6) is -0.0360. The molecular weight excluding hydrogens is 182 g/mol. The van der Waals surface area contributed by atoms with E-state index in [1.54, 1.807) is 7.11 Å². The number of likely N-dealkylation sites (tertiary alicyclic amines) is 1. The van der Waals surface area contributed by atoms with Gasteiger partial charge in [-0.3, -0.25) is 9.69 Å². The summed E-state index contributed by atoms with van der Waals surface area (Å²) in [5, 5.41) is 0. The van der Waals surface area contributed by atoms with Crippen molar-refractivity contribution in [1.29, 1.82) is 0 Å². The van der Waals surface area contributed by atoms with Crippen LogP contribution in [0.4, 0.5) is 0 Å². The molecule has 0 amide bonds. The van der Waals surface area contributed by atoms with Gasteiger partial charge >= 0.3 is 5.97 Å². The van der Waals surface area contributed by atoms with E-state index in [0.29, 0.717) is 6.73 Å². The zero-order chi connectivity index (χ0) is 10.6. The molecule has 1 unspecified atom stereocenters. The Labute approximate surface area is 85.2 Å². The summed E-state index contributed by atoms with van der Waals surface area (Å²) >= 11 is 0. The number of hydrogen-bond acceptors (Lipinski definition) is 4. The highest BCUT2D eigenvalue weighted by atomic mass is 16.5. The third-order valence-corrected chi connectivity index (χ3v) is 2.27. The second-order valence-electron chi connectivity index (χ2n) is 3.97. The van der Waals surface area contributed by atoms with Crippen molar-refractivity contribution in [3.05, 3.63) is 0 Å². The van der Waals surface area contributed by atoms with Gasteiger partial charge in [-0.2, -0.15) is 0 Å². The van der Waals surface area contributed by atoms with E-state index in [1.165, 1.54) is 0 Å². The number of nitrogens with zero attached hydrogens (tertiary/aromatic N) is 1. The van der Waals surface area contributed by atoms with Crippen LogP contribution in [0.25, 0.3) is 0 Å². The lowest BCUT2D eigenvalue weighted by atomic mass is 10.1. The lowest BCUT2D eigenvalue weighted by Gasteiger charge is -2.15. The topological polar surface area (TPSA) is 38.8 Å². The van der Waals surface area contributed by atoms with Gasteiger partial charge in [0, 0.05) is 20.2 Å². The van der Waals surface area contributed by atoms with Crippen molar-refractivity contribution in [2.75, 3.05) is 26.9 Å². The average Bonchev–Trinajstić information content (AvgIpc) is 2.52. The molecule has 0 N–H and O–H groups in total. The van der Waals surface area contributed by atoms with E-state index in [1.807, 2.05) is 13.8 Å². The Hall–Kier alpha value is -0.610. The Balaban J connectivity index is 2.30. The lowest BCUT2D eigenvalue weighted by Crippen LogP contribution is -2.27. The summed E-state index contributed by atoms with van der Waals surface area (Å²) in [7, 11) is 1.67. The lowest BCUT2D eigenvalue weighted by molar-refractivity contribution is -0.152. The van der Waals surface area contributed by atoms with Crippen LogP contribution in [0.3, 0.4) is 0 Å². The van der Waals surface area contributed by atoms with Crippen molar-refractivity contribution in [1.82, 2.24) is 4.90 Å². The minimum absolute atomic E-state index is 0.0148. The Bertz CT molecular complexity index is 194. The largest absolute Gasteiger partial charge is 0.463 e. The first-order valence-electron chi connectivity index (χ1n) is 5.05. The van der Waals surface area contributed by atoms with Crippen LogP contribution in [0.1, 0.15) is 20.3 Å². The van der Waals surface area contributed by atoms with Crippen LogP contribution in [0.5, 0.6) is 0 Å². The SMILES string of the molecule is COCN1CCC(C(=O)OC(C)C)C1. The second-order valence-corrected chi connectivity index (χ2v) is 3.97. The molecule has 1 aliphatic rings. The van der Waals surface area contributed by atoms with E-state index in [-0.39, 0.29) is 18.0 Å². The normalized spacial score (nSPS) is 23.0. The van der Waals surface area contributed by atoms with Crippen LogP contribution in [0.15, 0.2) is 0 Å². The van der Waals surface area contributed by atoms with Crippen molar-refractivity contribution in [2.45, 2.75) is 26.4 Å². The van der Waals surface area contributed by atoms with Crippen molar-refractivity contribution < 1.29 is 14.3 Å². The van der Waals surface area contributed by atoms with Crippen molar-refractivity contribution in [2.24, 2.45) is 5.92 Å². The number of methoxy groups -OCH3 is 1. The molecule has 4 heteroatoms. The van der Waals surface area contributed by atoms with Gasteiger partial charge in [0.25, 0.3) is 0 Å². The van der Waals surface area contributed by atoms with Gasteiger partial charge in [0.15, 0.2) is 0 Å². The summed E-state index contributed by atoms with van der Waals surface area (Å²) in [5.41, 5.74) is 0. The van der Waals surface area contributed by atoms with Gasteiger partial charge in [0.05, 0.1) is 18.8 Å². The molecule has 0 radical (unpaired) electrons. The van der Waals surface area contributed by atoms with E-state index >= 15 is 0 Å². The van der Waals surface area contributed by atoms with Crippen LogP contribution < -0.4 is 0 Å². The molecule has 0 aromatic carbocycles. The fourth-order valence-electron chi connectivity index (χ4n) is 1.65. The number of esters is 1. The van der Waals surface area contributed by atoms with Crippen LogP contribution >= 0.6 is 0 Å². The van der Waals surface area contributed by atoms with Gasteiger partial charge in [0.1, 0.15) is 0 Å². The molecule has 4 nitrogen and oxygen atoms in total. The maximum Gasteiger partial charge on any atom is 0.310 e. The summed E-state index contributed by atoms with van der Waals surface area (Å²) in [6.07, 6.45) is 0.869. The van der Waals surface area contributed by atoms with Crippen molar-refractivity contribution >= 4 is 5.97 Å². The number of hydrogen-bond donors (Lipinski definition) is 0. The van der Waals surface area contributed by atoms with E-state index in [0.717, 1.165) is 19.5 Å². The summed E-state index contributed by atoms with van der Waals surface area (Å²) < 4.78 is 10.2. The molecule has 1 saturated heterocycles. The van der Waals surface area contributed by atoms with Crippen LogP contribution in [0, 0.1) is 5.92 Å². The molecule has 0 saturated carbocycles. The number of ether oxygens (including phenoxy) is 2. The smallest absolute Gasteiger partial charge is 0.310 e. The van der Waals surface area contributed by atoms with Crippen molar-refractivity contribution in [3.63, 3.8) is 0 Å². The average molecular weight is 201 g/mol. The quantitative estimate of drug-likeness (QED) is 0.632. The maximum atomic E-state index is 11.5. The number of carbonyl (C=O) groups is 1. The maximum absolute atomic E-state index is 11.5. The van der Waals surface area contributed by atoms with Crippen molar-refractivity contribution in [3.8, 4) is 0 Å².